The first-order chi connectivity index (χ1) is 10.1. The maximum atomic E-state index is 10.5. The lowest BCUT2D eigenvalue weighted by Gasteiger charge is -2.14. The van der Waals surface area contributed by atoms with Crippen molar-refractivity contribution in [2.45, 2.75) is 12.5 Å². The van der Waals surface area contributed by atoms with E-state index in [0.717, 1.165) is 22.0 Å². The minimum Gasteiger partial charge on any atom is -0.388 e. The molecule has 4 nitrogen and oxygen atoms in total. The molecule has 0 saturated heterocycles. The van der Waals surface area contributed by atoms with Crippen molar-refractivity contribution in [1.29, 1.82) is 0 Å². The minimum absolute atomic E-state index is 0.443. The Kier molecular flexibility index (Phi) is 3.73. The van der Waals surface area contributed by atoms with Crippen LogP contribution in [0.25, 0.3) is 10.9 Å². The van der Waals surface area contributed by atoms with Crippen LogP contribution in [0.4, 0.5) is 5.82 Å². The summed E-state index contributed by atoms with van der Waals surface area (Å²) in [6, 6.07) is 10.9. The van der Waals surface area contributed by atoms with Crippen LogP contribution in [0.3, 0.4) is 0 Å². The molecule has 0 saturated carbocycles. The van der Waals surface area contributed by atoms with Crippen LogP contribution in [0, 0.1) is 0 Å². The van der Waals surface area contributed by atoms with E-state index in [2.05, 4.69) is 9.97 Å². The van der Waals surface area contributed by atoms with Crippen molar-refractivity contribution in [2.24, 2.45) is 0 Å². The van der Waals surface area contributed by atoms with Crippen LogP contribution in [-0.4, -0.2) is 15.1 Å². The van der Waals surface area contributed by atoms with Crippen molar-refractivity contribution in [3.05, 3.63) is 64.9 Å². The summed E-state index contributed by atoms with van der Waals surface area (Å²) in [6.07, 6.45) is 3.09. The number of hydrogen-bond acceptors (Lipinski definition) is 4. The average Bonchev–Trinajstić information content (AvgIpc) is 2.48. The largest absolute Gasteiger partial charge is 0.388 e. The number of hydrogen-bond donors (Lipinski definition) is 2. The number of anilines is 1. The van der Waals surface area contributed by atoms with Gasteiger partial charge in [0.15, 0.2) is 0 Å². The molecule has 1 unspecified atom stereocenters. The second-order valence-corrected chi connectivity index (χ2v) is 5.25. The van der Waals surface area contributed by atoms with Crippen molar-refractivity contribution < 1.29 is 5.11 Å². The number of aliphatic hydroxyl groups excluding tert-OH is 1. The Morgan fingerprint density at radius 1 is 1.14 bits per heavy atom. The predicted molar refractivity (Wildman–Crippen MR) is 84.1 cm³/mol. The molecule has 3 aromatic rings. The third-order valence-electron chi connectivity index (χ3n) is 3.38. The molecule has 0 fully saturated rings. The van der Waals surface area contributed by atoms with Gasteiger partial charge in [-0.25, -0.2) is 4.98 Å². The zero-order chi connectivity index (χ0) is 14.8. The molecule has 0 amide bonds. The Morgan fingerprint density at radius 3 is 2.81 bits per heavy atom. The first-order valence-electron chi connectivity index (χ1n) is 6.57. The quantitative estimate of drug-likeness (QED) is 0.779. The molecule has 106 valence electrons. The van der Waals surface area contributed by atoms with E-state index in [1.54, 1.807) is 24.5 Å². The minimum atomic E-state index is -0.679. The number of benzene rings is 1. The number of fused-ring (bicyclic) bond motifs is 1. The number of nitrogen functional groups attached to an aromatic ring is 1. The lowest BCUT2D eigenvalue weighted by atomic mass is 9.99. The molecular formula is C16H14ClN3O. The number of rotatable bonds is 3. The Morgan fingerprint density at radius 2 is 2.00 bits per heavy atom. The van der Waals surface area contributed by atoms with Gasteiger partial charge in [0.05, 0.1) is 11.6 Å². The predicted octanol–water partition coefficient (Wildman–Crippen LogP) is 3.14. The van der Waals surface area contributed by atoms with Crippen LogP contribution in [0.1, 0.15) is 17.2 Å². The summed E-state index contributed by atoms with van der Waals surface area (Å²) in [5.74, 6) is 0.443. The highest BCUT2D eigenvalue weighted by Gasteiger charge is 2.14. The van der Waals surface area contributed by atoms with Crippen molar-refractivity contribution in [2.75, 3.05) is 5.73 Å². The number of aromatic nitrogens is 2. The zero-order valence-corrected chi connectivity index (χ0v) is 12.0. The van der Waals surface area contributed by atoms with Gasteiger partial charge in [0.25, 0.3) is 0 Å². The third kappa shape index (κ3) is 2.82. The van der Waals surface area contributed by atoms with Gasteiger partial charge in [-0.15, -0.1) is 0 Å². The number of nitrogens with two attached hydrogens (primary N) is 1. The standard InChI is InChI=1S/C16H14ClN3O/c17-13-4-3-12(16-11(13)2-1-6-20-16)14(21)8-10-5-7-19-15(18)9-10/h1-7,9,14,21H,8H2,(H2,18,19). The summed E-state index contributed by atoms with van der Waals surface area (Å²) < 4.78 is 0. The van der Waals surface area contributed by atoms with E-state index in [0.29, 0.717) is 17.3 Å². The van der Waals surface area contributed by atoms with E-state index in [4.69, 9.17) is 17.3 Å². The first-order valence-corrected chi connectivity index (χ1v) is 6.94. The van der Waals surface area contributed by atoms with Crippen molar-refractivity contribution in [1.82, 2.24) is 9.97 Å². The number of pyridine rings is 2. The van der Waals surface area contributed by atoms with E-state index in [1.165, 1.54) is 0 Å². The second kappa shape index (κ2) is 5.68. The van der Waals surface area contributed by atoms with Crippen LogP contribution in [0.15, 0.2) is 48.8 Å². The average molecular weight is 300 g/mol. The van der Waals surface area contributed by atoms with Gasteiger partial charge in [0.1, 0.15) is 5.82 Å². The van der Waals surface area contributed by atoms with Crippen molar-refractivity contribution >= 4 is 28.3 Å². The highest BCUT2D eigenvalue weighted by molar-refractivity contribution is 6.35. The molecule has 21 heavy (non-hydrogen) atoms. The zero-order valence-electron chi connectivity index (χ0n) is 11.2. The Labute approximate surface area is 127 Å². The van der Waals surface area contributed by atoms with Gasteiger partial charge in [-0.05, 0) is 35.9 Å². The fraction of sp³-hybridized carbons (Fsp3) is 0.125. The summed E-state index contributed by atoms with van der Waals surface area (Å²) in [4.78, 5) is 8.29. The van der Waals surface area contributed by atoms with Gasteiger partial charge in [-0.3, -0.25) is 4.98 Å². The van der Waals surface area contributed by atoms with Crippen LogP contribution in [0.5, 0.6) is 0 Å². The van der Waals surface area contributed by atoms with E-state index >= 15 is 0 Å². The molecule has 0 aliphatic rings. The smallest absolute Gasteiger partial charge is 0.123 e. The van der Waals surface area contributed by atoms with E-state index in [1.807, 2.05) is 24.3 Å². The van der Waals surface area contributed by atoms with Gasteiger partial charge in [0, 0.05) is 34.8 Å². The fourth-order valence-electron chi connectivity index (χ4n) is 2.38. The van der Waals surface area contributed by atoms with Gasteiger partial charge in [-0.1, -0.05) is 17.7 Å². The molecule has 5 heteroatoms. The molecule has 0 aliphatic heterocycles. The Hall–Kier alpha value is -2.17. The van der Waals surface area contributed by atoms with Gasteiger partial charge < -0.3 is 10.8 Å². The molecule has 0 bridgehead atoms. The SMILES string of the molecule is Nc1cc(CC(O)c2ccc(Cl)c3cccnc23)ccn1. The second-order valence-electron chi connectivity index (χ2n) is 4.85. The first kappa shape index (κ1) is 13.8. The Bertz CT molecular complexity index is 791. The topological polar surface area (TPSA) is 72.0 Å². The molecule has 0 spiro atoms. The van der Waals surface area contributed by atoms with Crippen LogP contribution in [0.2, 0.25) is 5.02 Å². The molecule has 0 radical (unpaired) electrons. The van der Waals surface area contributed by atoms with Crippen molar-refractivity contribution in [3.63, 3.8) is 0 Å². The highest BCUT2D eigenvalue weighted by atomic mass is 35.5. The molecule has 0 aliphatic carbocycles. The van der Waals surface area contributed by atoms with E-state index < -0.39 is 6.10 Å². The van der Waals surface area contributed by atoms with E-state index in [9.17, 15) is 5.11 Å². The van der Waals surface area contributed by atoms with Crippen LogP contribution >= 0.6 is 11.6 Å². The van der Waals surface area contributed by atoms with E-state index in [-0.39, 0.29) is 0 Å². The number of nitrogens with zero attached hydrogens (tertiary/aromatic N) is 2. The van der Waals surface area contributed by atoms with Gasteiger partial charge >= 0.3 is 0 Å². The molecule has 3 rings (SSSR count). The molecular weight excluding hydrogens is 286 g/mol. The summed E-state index contributed by atoms with van der Waals surface area (Å²) in [5, 5.41) is 12.0. The maximum Gasteiger partial charge on any atom is 0.123 e. The lowest BCUT2D eigenvalue weighted by Crippen LogP contribution is -2.04. The molecule has 1 atom stereocenters. The summed E-state index contributed by atoms with van der Waals surface area (Å²) in [7, 11) is 0. The molecule has 2 heterocycles. The lowest BCUT2D eigenvalue weighted by molar-refractivity contribution is 0.180. The maximum absolute atomic E-state index is 10.5. The molecule has 3 N–H and O–H groups in total. The summed E-state index contributed by atoms with van der Waals surface area (Å²) in [6.45, 7) is 0. The fourth-order valence-corrected chi connectivity index (χ4v) is 2.60. The third-order valence-corrected chi connectivity index (χ3v) is 3.71. The van der Waals surface area contributed by atoms with Gasteiger partial charge in [0.2, 0.25) is 0 Å². The summed E-state index contributed by atoms with van der Waals surface area (Å²) >= 11 is 6.17. The molecule has 2 aromatic heterocycles. The number of aliphatic hydroxyl groups is 1. The monoisotopic (exact) mass is 299 g/mol. The van der Waals surface area contributed by atoms with Crippen LogP contribution in [-0.2, 0) is 6.42 Å². The summed E-state index contributed by atoms with van der Waals surface area (Å²) in [5.41, 5.74) is 8.06. The number of halogens is 1. The Balaban J connectivity index is 1.98. The highest BCUT2D eigenvalue weighted by Crippen LogP contribution is 2.30. The molecule has 1 aromatic carbocycles. The van der Waals surface area contributed by atoms with Crippen molar-refractivity contribution in [3.8, 4) is 0 Å². The van der Waals surface area contributed by atoms with Gasteiger partial charge in [-0.2, -0.15) is 0 Å². The van der Waals surface area contributed by atoms with Crippen LogP contribution < -0.4 is 5.73 Å². The normalized spacial score (nSPS) is 12.5.